The van der Waals surface area contributed by atoms with Gasteiger partial charge >= 0.3 is 12.4 Å². The number of hydrogen-bond donors (Lipinski definition) is 0. The van der Waals surface area contributed by atoms with Gasteiger partial charge in [-0.25, -0.2) is 0 Å². The van der Waals surface area contributed by atoms with Crippen LogP contribution in [0.4, 0.5) is 32.0 Å². The summed E-state index contributed by atoms with van der Waals surface area (Å²) in [7, 11) is 0. The average Bonchev–Trinajstić information content (AvgIpc) is 2.78. The second kappa shape index (κ2) is 8.18. The Hall–Kier alpha value is -3.55. The molecule has 0 aliphatic carbocycles. The van der Waals surface area contributed by atoms with Gasteiger partial charge in [0.1, 0.15) is 0 Å². The Morgan fingerprint density at radius 2 is 1.38 bits per heavy atom. The Balaban J connectivity index is 1.50. The molecule has 3 aromatic rings. The number of pyridine rings is 1. The van der Waals surface area contributed by atoms with Crippen LogP contribution in [0.2, 0.25) is 0 Å². The number of benzene rings is 2. The number of allylic oxidation sites excluding steroid dienone is 2. The number of aromatic nitrogens is 1. The van der Waals surface area contributed by atoms with Gasteiger partial charge < -0.3 is 4.90 Å². The molecule has 4 rings (SSSR count). The molecule has 2 aromatic carbocycles. The first-order valence-electron chi connectivity index (χ1n) is 9.63. The first-order chi connectivity index (χ1) is 15.1. The second-order valence-corrected chi connectivity index (χ2v) is 7.22. The fraction of sp³-hybridized carbons (Fsp3) is 0.125. The minimum Gasteiger partial charge on any atom is -0.344 e. The number of nitrogens with zero attached hydrogens (tertiary/aromatic N) is 2. The molecule has 0 fully saturated rings. The minimum atomic E-state index is -4.42. The smallest absolute Gasteiger partial charge is 0.344 e. The zero-order chi connectivity index (χ0) is 22.9. The topological polar surface area (TPSA) is 7.12 Å². The first-order valence-corrected chi connectivity index (χ1v) is 9.63. The molecule has 1 aromatic heterocycles. The van der Waals surface area contributed by atoms with E-state index in [0.29, 0.717) is 17.9 Å². The van der Waals surface area contributed by atoms with Gasteiger partial charge in [-0.3, -0.25) is 0 Å². The highest BCUT2D eigenvalue weighted by molar-refractivity contribution is 5.76. The summed E-state index contributed by atoms with van der Waals surface area (Å²) in [4.78, 5) is 1.70. The lowest BCUT2D eigenvalue weighted by Crippen LogP contribution is -2.29. The molecule has 0 spiro atoms. The number of hydrogen-bond acceptors (Lipinski definition) is 1. The molecule has 0 atom stereocenters. The lowest BCUT2D eigenvalue weighted by Gasteiger charge is -2.23. The maximum atomic E-state index is 12.9. The number of anilines is 1. The van der Waals surface area contributed by atoms with Crippen molar-refractivity contribution in [2.75, 3.05) is 11.4 Å². The molecular weight excluding hydrogens is 430 g/mol. The van der Waals surface area contributed by atoms with Crippen LogP contribution in [0.3, 0.4) is 0 Å². The quantitative estimate of drug-likeness (QED) is 0.332. The molecule has 164 valence electrons. The van der Waals surface area contributed by atoms with E-state index in [1.54, 1.807) is 58.4 Å². The van der Waals surface area contributed by atoms with Crippen LogP contribution < -0.4 is 9.47 Å². The van der Waals surface area contributed by atoms with E-state index in [9.17, 15) is 26.3 Å². The van der Waals surface area contributed by atoms with Gasteiger partial charge in [-0.05, 0) is 41.5 Å². The Bertz CT molecular complexity index is 1170. The van der Waals surface area contributed by atoms with E-state index >= 15 is 0 Å². The Kier molecular flexibility index (Phi) is 5.54. The van der Waals surface area contributed by atoms with Crippen LogP contribution in [0.15, 0.2) is 91.4 Å². The molecule has 2 nitrogen and oxygen atoms in total. The van der Waals surface area contributed by atoms with E-state index in [4.69, 9.17) is 0 Å². The van der Waals surface area contributed by atoms with Gasteiger partial charge in [-0.2, -0.15) is 30.9 Å². The highest BCUT2D eigenvalue weighted by Gasteiger charge is 2.32. The summed E-state index contributed by atoms with van der Waals surface area (Å²) >= 11 is 0. The summed E-state index contributed by atoms with van der Waals surface area (Å²) < 4.78 is 79.3. The van der Waals surface area contributed by atoms with Gasteiger partial charge in [0.25, 0.3) is 0 Å². The fourth-order valence-corrected chi connectivity index (χ4v) is 3.40. The molecular formula is C24H17F6N2+. The summed E-state index contributed by atoms with van der Waals surface area (Å²) in [5.41, 5.74) is 1.09. The Labute approximate surface area is 180 Å². The Morgan fingerprint density at radius 3 is 1.97 bits per heavy atom. The fourth-order valence-electron chi connectivity index (χ4n) is 3.40. The van der Waals surface area contributed by atoms with E-state index in [0.717, 1.165) is 35.4 Å². The third-order valence-corrected chi connectivity index (χ3v) is 5.08. The first kappa shape index (κ1) is 21.7. The van der Waals surface area contributed by atoms with Crippen LogP contribution >= 0.6 is 0 Å². The maximum Gasteiger partial charge on any atom is 0.416 e. The summed E-state index contributed by atoms with van der Waals surface area (Å²) in [6, 6.07) is 13.7. The van der Waals surface area contributed by atoms with E-state index in [1.165, 1.54) is 12.1 Å². The highest BCUT2D eigenvalue weighted by atomic mass is 19.4. The molecule has 1 aliphatic heterocycles. The van der Waals surface area contributed by atoms with Gasteiger partial charge in [0, 0.05) is 42.7 Å². The highest BCUT2D eigenvalue weighted by Crippen LogP contribution is 2.33. The van der Waals surface area contributed by atoms with E-state index in [-0.39, 0.29) is 0 Å². The zero-order valence-corrected chi connectivity index (χ0v) is 16.5. The van der Waals surface area contributed by atoms with Crippen molar-refractivity contribution in [2.45, 2.75) is 12.4 Å². The van der Waals surface area contributed by atoms with Crippen LogP contribution in [-0.2, 0) is 12.4 Å². The van der Waals surface area contributed by atoms with Gasteiger partial charge in [-0.15, -0.1) is 0 Å². The molecule has 32 heavy (non-hydrogen) atoms. The van der Waals surface area contributed by atoms with Crippen LogP contribution in [0.25, 0.3) is 11.3 Å². The largest absolute Gasteiger partial charge is 0.416 e. The third-order valence-electron chi connectivity index (χ3n) is 5.08. The SMILES string of the molecule is FC(F)(F)c1cccc(N2C=CC(c3cc[n+](-c4cccc(C(F)(F)F)c4)cc3)=CC2)c1. The summed E-state index contributed by atoms with van der Waals surface area (Å²) in [5, 5.41) is 0. The molecule has 0 amide bonds. The molecule has 0 unspecified atom stereocenters. The van der Waals surface area contributed by atoms with Gasteiger partial charge in [0.15, 0.2) is 12.4 Å². The minimum absolute atomic E-state index is 0.385. The number of halogens is 6. The molecule has 0 bridgehead atoms. The zero-order valence-electron chi connectivity index (χ0n) is 16.5. The summed E-state index contributed by atoms with van der Waals surface area (Å²) in [6.07, 6.45) is -0.122. The molecule has 2 heterocycles. The lowest BCUT2D eigenvalue weighted by molar-refractivity contribution is -0.595. The van der Waals surface area contributed by atoms with E-state index in [2.05, 4.69) is 0 Å². The Morgan fingerprint density at radius 1 is 0.750 bits per heavy atom. The predicted octanol–water partition coefficient (Wildman–Crippen LogP) is 6.42. The van der Waals surface area contributed by atoms with Gasteiger partial charge in [0.05, 0.1) is 11.1 Å². The molecule has 1 aliphatic rings. The normalized spacial score (nSPS) is 14.4. The molecule has 0 saturated heterocycles. The average molecular weight is 447 g/mol. The van der Waals surface area contributed by atoms with Crippen molar-refractivity contribution in [1.29, 1.82) is 0 Å². The molecule has 0 N–H and O–H groups in total. The predicted molar refractivity (Wildman–Crippen MR) is 109 cm³/mol. The van der Waals surface area contributed by atoms with Crippen molar-refractivity contribution in [3.63, 3.8) is 0 Å². The van der Waals surface area contributed by atoms with E-state index in [1.807, 2.05) is 6.08 Å². The van der Waals surface area contributed by atoms with Crippen molar-refractivity contribution in [3.8, 4) is 5.69 Å². The van der Waals surface area contributed by atoms with Crippen LogP contribution in [0.5, 0.6) is 0 Å². The molecule has 0 radical (unpaired) electrons. The van der Waals surface area contributed by atoms with Crippen molar-refractivity contribution < 1.29 is 30.9 Å². The van der Waals surface area contributed by atoms with Gasteiger partial charge in [0.2, 0.25) is 5.69 Å². The lowest BCUT2D eigenvalue weighted by atomic mass is 10.0. The third kappa shape index (κ3) is 4.69. The second-order valence-electron chi connectivity index (χ2n) is 7.22. The van der Waals surface area contributed by atoms with Crippen molar-refractivity contribution in [2.24, 2.45) is 0 Å². The number of rotatable bonds is 3. The summed E-state index contributed by atoms with van der Waals surface area (Å²) in [6.45, 7) is 0.385. The van der Waals surface area contributed by atoms with Crippen LogP contribution in [0.1, 0.15) is 16.7 Å². The van der Waals surface area contributed by atoms with Crippen LogP contribution in [-0.4, -0.2) is 6.54 Å². The summed E-state index contributed by atoms with van der Waals surface area (Å²) in [5.74, 6) is 0. The van der Waals surface area contributed by atoms with Crippen molar-refractivity contribution in [3.05, 3.63) is 108 Å². The van der Waals surface area contributed by atoms with Crippen LogP contribution in [0, 0.1) is 0 Å². The van der Waals surface area contributed by atoms with Crippen molar-refractivity contribution >= 4 is 11.3 Å². The van der Waals surface area contributed by atoms with Crippen molar-refractivity contribution in [1.82, 2.24) is 0 Å². The van der Waals surface area contributed by atoms with Gasteiger partial charge in [-0.1, -0.05) is 18.2 Å². The molecule has 8 heteroatoms. The number of alkyl halides is 6. The maximum absolute atomic E-state index is 12.9. The molecule has 0 saturated carbocycles. The monoisotopic (exact) mass is 447 g/mol. The standard InChI is InChI=1S/C24H17F6N2/c25-23(26,27)19-3-1-5-21(15-19)31-11-7-17(8-12-31)18-9-13-32(14-10-18)22-6-2-4-20(16-22)24(28,29)30/h1-13,15-16H,14H2/q+1. The van der Waals surface area contributed by atoms with E-state index < -0.39 is 23.5 Å².